The molecule has 0 spiro atoms. The number of aryl methyl sites for hydroxylation is 1. The minimum atomic E-state index is -0.0177. The minimum Gasteiger partial charge on any atom is -0.411 e. The van der Waals surface area contributed by atoms with E-state index in [-0.39, 0.29) is 17.7 Å². The van der Waals surface area contributed by atoms with Crippen LogP contribution in [0.3, 0.4) is 0 Å². The molecule has 1 fully saturated rings. The molecular formula is C21H21N3O2S. The zero-order valence-corrected chi connectivity index (χ0v) is 15.9. The molecule has 27 heavy (non-hydrogen) atoms. The normalized spacial score (nSPS) is 14.7. The van der Waals surface area contributed by atoms with Crippen molar-refractivity contribution < 1.29 is 9.21 Å². The maximum atomic E-state index is 12.4. The third kappa shape index (κ3) is 4.57. The van der Waals surface area contributed by atoms with Gasteiger partial charge in [-0.2, -0.15) is 0 Å². The molecule has 2 aromatic carbocycles. The van der Waals surface area contributed by atoms with Crippen LogP contribution in [0, 0.1) is 12.8 Å². The minimum absolute atomic E-state index is 0.0177. The van der Waals surface area contributed by atoms with Crippen molar-refractivity contribution >= 4 is 17.7 Å². The van der Waals surface area contributed by atoms with Crippen molar-refractivity contribution in [3.05, 3.63) is 65.7 Å². The van der Waals surface area contributed by atoms with E-state index in [1.54, 1.807) is 0 Å². The molecule has 3 aromatic rings. The van der Waals surface area contributed by atoms with Gasteiger partial charge in [-0.25, -0.2) is 0 Å². The fraction of sp³-hybridized carbons (Fsp3) is 0.286. The van der Waals surface area contributed by atoms with Crippen LogP contribution in [0.25, 0.3) is 11.5 Å². The average molecular weight is 379 g/mol. The molecule has 0 saturated heterocycles. The van der Waals surface area contributed by atoms with Crippen molar-refractivity contribution in [2.75, 3.05) is 5.75 Å². The zero-order valence-electron chi connectivity index (χ0n) is 15.1. The lowest BCUT2D eigenvalue weighted by molar-refractivity contribution is -0.119. The maximum Gasteiger partial charge on any atom is 0.277 e. The highest BCUT2D eigenvalue weighted by Crippen LogP contribution is 2.41. The SMILES string of the molecule is Cc1ccc(-c2nnc(SCC(=O)NC(c3ccccc3)C3CC3)o2)cc1. The highest BCUT2D eigenvalue weighted by molar-refractivity contribution is 7.99. The van der Waals surface area contributed by atoms with Gasteiger partial charge in [0.05, 0.1) is 11.8 Å². The Morgan fingerprint density at radius 3 is 2.59 bits per heavy atom. The second-order valence-electron chi connectivity index (χ2n) is 6.82. The van der Waals surface area contributed by atoms with Crippen molar-refractivity contribution in [3.63, 3.8) is 0 Å². The van der Waals surface area contributed by atoms with E-state index in [4.69, 9.17) is 4.42 Å². The van der Waals surface area contributed by atoms with Gasteiger partial charge in [0.2, 0.25) is 11.8 Å². The van der Waals surface area contributed by atoms with Crippen molar-refractivity contribution in [1.29, 1.82) is 0 Å². The highest BCUT2D eigenvalue weighted by atomic mass is 32.2. The van der Waals surface area contributed by atoms with Crippen LogP contribution in [0.5, 0.6) is 0 Å². The summed E-state index contributed by atoms with van der Waals surface area (Å²) >= 11 is 1.26. The van der Waals surface area contributed by atoms with Crippen LogP contribution >= 0.6 is 11.8 Å². The molecule has 6 heteroatoms. The number of benzene rings is 2. The van der Waals surface area contributed by atoms with E-state index in [0.717, 1.165) is 24.0 Å². The lowest BCUT2D eigenvalue weighted by Crippen LogP contribution is -2.31. The lowest BCUT2D eigenvalue weighted by Gasteiger charge is -2.18. The van der Waals surface area contributed by atoms with Crippen molar-refractivity contribution in [3.8, 4) is 11.5 Å². The molecule has 1 aromatic heterocycles. The summed E-state index contributed by atoms with van der Waals surface area (Å²) in [5.41, 5.74) is 3.22. The molecule has 1 amide bonds. The number of nitrogens with one attached hydrogen (secondary N) is 1. The molecule has 1 N–H and O–H groups in total. The van der Waals surface area contributed by atoms with Crippen LogP contribution in [-0.4, -0.2) is 21.9 Å². The van der Waals surface area contributed by atoms with Gasteiger partial charge in [0.15, 0.2) is 0 Å². The largest absolute Gasteiger partial charge is 0.411 e. The molecule has 1 heterocycles. The summed E-state index contributed by atoms with van der Waals surface area (Å²) in [4.78, 5) is 12.4. The Morgan fingerprint density at radius 1 is 1.15 bits per heavy atom. The summed E-state index contributed by atoms with van der Waals surface area (Å²) in [6.45, 7) is 2.03. The average Bonchev–Trinajstić information content (AvgIpc) is 3.43. The second kappa shape index (κ2) is 7.96. The monoisotopic (exact) mass is 379 g/mol. The molecule has 1 atom stereocenters. The summed E-state index contributed by atoms with van der Waals surface area (Å²) in [7, 11) is 0. The third-order valence-electron chi connectivity index (χ3n) is 4.60. The van der Waals surface area contributed by atoms with Gasteiger partial charge in [0, 0.05) is 5.56 Å². The van der Waals surface area contributed by atoms with E-state index in [1.165, 1.54) is 17.3 Å². The van der Waals surface area contributed by atoms with Crippen LogP contribution in [0.15, 0.2) is 64.2 Å². The Balaban J connectivity index is 1.34. The van der Waals surface area contributed by atoms with Crippen LogP contribution < -0.4 is 5.32 Å². The molecule has 1 saturated carbocycles. The first-order valence-corrected chi connectivity index (χ1v) is 10.1. The molecule has 1 aliphatic rings. The van der Waals surface area contributed by atoms with Crippen LogP contribution in [0.1, 0.15) is 30.0 Å². The number of nitrogens with zero attached hydrogens (tertiary/aromatic N) is 2. The first-order valence-electron chi connectivity index (χ1n) is 9.07. The maximum absolute atomic E-state index is 12.4. The van der Waals surface area contributed by atoms with Gasteiger partial charge in [-0.1, -0.05) is 59.8 Å². The Hall–Kier alpha value is -2.60. The van der Waals surface area contributed by atoms with Gasteiger partial charge < -0.3 is 9.73 Å². The van der Waals surface area contributed by atoms with Crippen LogP contribution in [0.4, 0.5) is 0 Å². The van der Waals surface area contributed by atoms with Gasteiger partial charge in [0.1, 0.15) is 0 Å². The second-order valence-corrected chi connectivity index (χ2v) is 7.75. The van der Waals surface area contributed by atoms with Gasteiger partial charge in [-0.3, -0.25) is 4.79 Å². The predicted octanol–water partition coefficient (Wildman–Crippen LogP) is 4.40. The number of rotatable bonds is 7. The summed E-state index contributed by atoms with van der Waals surface area (Å²) < 4.78 is 5.67. The molecule has 1 aliphatic carbocycles. The molecule has 0 bridgehead atoms. The first kappa shape index (κ1) is 17.8. The van der Waals surface area contributed by atoms with Crippen molar-refractivity contribution in [1.82, 2.24) is 15.5 Å². The molecule has 4 rings (SSSR count). The third-order valence-corrected chi connectivity index (χ3v) is 5.42. The van der Waals surface area contributed by atoms with Gasteiger partial charge in [-0.05, 0) is 43.4 Å². The number of hydrogen-bond acceptors (Lipinski definition) is 5. The predicted molar refractivity (Wildman–Crippen MR) is 105 cm³/mol. The number of carbonyl (C=O) groups is 1. The number of hydrogen-bond donors (Lipinski definition) is 1. The summed E-state index contributed by atoms with van der Waals surface area (Å²) in [6.07, 6.45) is 2.33. The topological polar surface area (TPSA) is 68.0 Å². The van der Waals surface area contributed by atoms with Crippen LogP contribution in [-0.2, 0) is 4.79 Å². The van der Waals surface area contributed by atoms with E-state index in [2.05, 4.69) is 27.6 Å². The van der Waals surface area contributed by atoms with Crippen molar-refractivity contribution in [2.45, 2.75) is 31.0 Å². The smallest absolute Gasteiger partial charge is 0.277 e. The molecule has 5 nitrogen and oxygen atoms in total. The van der Waals surface area contributed by atoms with E-state index < -0.39 is 0 Å². The van der Waals surface area contributed by atoms with Gasteiger partial charge in [0.25, 0.3) is 5.22 Å². The Morgan fingerprint density at radius 2 is 1.89 bits per heavy atom. The number of carbonyl (C=O) groups excluding carboxylic acids is 1. The molecule has 138 valence electrons. The van der Waals surface area contributed by atoms with Gasteiger partial charge >= 0.3 is 0 Å². The summed E-state index contributed by atoms with van der Waals surface area (Å²) in [5, 5.41) is 11.7. The fourth-order valence-corrected chi connectivity index (χ4v) is 3.56. The number of aromatic nitrogens is 2. The molecule has 1 unspecified atom stereocenters. The summed E-state index contributed by atoms with van der Waals surface area (Å²) in [5.74, 6) is 1.25. The van der Waals surface area contributed by atoms with E-state index in [9.17, 15) is 4.79 Å². The number of thioether (sulfide) groups is 1. The molecular weight excluding hydrogens is 358 g/mol. The number of amides is 1. The summed E-state index contributed by atoms with van der Waals surface area (Å²) in [6, 6.07) is 18.1. The Bertz CT molecular complexity index is 905. The highest BCUT2D eigenvalue weighted by Gasteiger charge is 2.33. The van der Waals surface area contributed by atoms with Gasteiger partial charge in [-0.15, -0.1) is 10.2 Å². The lowest BCUT2D eigenvalue weighted by atomic mass is 10.0. The van der Waals surface area contributed by atoms with E-state index >= 15 is 0 Å². The Kier molecular flexibility index (Phi) is 5.25. The quantitative estimate of drug-likeness (QED) is 0.616. The molecule has 0 radical (unpaired) electrons. The first-order chi connectivity index (χ1) is 13.2. The van der Waals surface area contributed by atoms with Crippen molar-refractivity contribution in [2.24, 2.45) is 5.92 Å². The Labute approximate surface area is 162 Å². The van der Waals surface area contributed by atoms with Crippen LogP contribution in [0.2, 0.25) is 0 Å². The fourth-order valence-electron chi connectivity index (χ4n) is 2.99. The standard InChI is InChI=1S/C21H21N3O2S/c1-14-7-9-17(10-8-14)20-23-24-21(26-20)27-13-18(25)22-19(16-11-12-16)15-5-3-2-4-6-15/h2-10,16,19H,11-13H2,1H3,(H,22,25). The van der Waals surface area contributed by atoms with E-state index in [1.807, 2.05) is 49.4 Å². The van der Waals surface area contributed by atoms with E-state index in [0.29, 0.717) is 17.0 Å². The molecule has 0 aliphatic heterocycles. The zero-order chi connectivity index (χ0) is 18.6.